The molecular weight excluding hydrogens is 350 g/mol. The maximum atomic E-state index is 13.6. The fraction of sp³-hybridized carbons (Fsp3) is 0.0769. The van der Waals surface area contributed by atoms with E-state index in [4.69, 9.17) is 0 Å². The van der Waals surface area contributed by atoms with Crippen LogP contribution in [0.4, 0.5) is 26.3 Å². The molecule has 0 unspecified atom stereocenters. The van der Waals surface area contributed by atoms with Gasteiger partial charge in [0.15, 0.2) is 23.3 Å². The molecule has 0 atom stereocenters. The molecule has 0 saturated carbocycles. The van der Waals surface area contributed by atoms with Gasteiger partial charge in [-0.25, -0.2) is 26.3 Å². The van der Waals surface area contributed by atoms with Gasteiger partial charge < -0.3 is 0 Å². The molecule has 0 spiro atoms. The largest absolute Gasteiger partial charge is 0.207 e. The van der Waals surface area contributed by atoms with Crippen LogP contribution >= 0.6 is 15.9 Å². The van der Waals surface area contributed by atoms with Crippen LogP contribution in [-0.4, -0.2) is 0 Å². The second-order valence-electron chi connectivity index (χ2n) is 3.93. The summed E-state index contributed by atoms with van der Waals surface area (Å²) in [5.74, 6) is -11.2. The first-order valence-electron chi connectivity index (χ1n) is 5.24. The minimum absolute atomic E-state index is 0.160. The second kappa shape index (κ2) is 5.47. The fourth-order valence-corrected chi connectivity index (χ4v) is 2.05. The Morgan fingerprint density at radius 3 is 1.70 bits per heavy atom. The average Bonchev–Trinajstić information content (AvgIpc) is 2.42. The Morgan fingerprint density at radius 2 is 1.20 bits per heavy atom. The lowest BCUT2D eigenvalue weighted by molar-refractivity contribution is 0.381. The monoisotopic (exact) mass is 354 g/mol. The Labute approximate surface area is 118 Å². The first-order chi connectivity index (χ1) is 9.36. The average molecular weight is 355 g/mol. The Morgan fingerprint density at radius 1 is 0.700 bits per heavy atom. The number of alkyl halides is 1. The highest BCUT2D eigenvalue weighted by Gasteiger charge is 2.26. The molecule has 0 nitrogen and oxygen atoms in total. The smallest absolute Gasteiger partial charge is 0.200 e. The van der Waals surface area contributed by atoms with Crippen LogP contribution in [0.3, 0.4) is 0 Å². The number of hydrogen-bond donors (Lipinski definition) is 0. The Bertz CT molecular complexity index is 654. The summed E-state index contributed by atoms with van der Waals surface area (Å²) < 4.78 is 79.7. The predicted octanol–water partition coefficient (Wildman–Crippen LogP) is 5.08. The van der Waals surface area contributed by atoms with Crippen molar-refractivity contribution in [2.45, 2.75) is 5.33 Å². The number of hydrogen-bond acceptors (Lipinski definition) is 0. The number of halogens is 7. The van der Waals surface area contributed by atoms with Crippen LogP contribution in [0.15, 0.2) is 18.2 Å². The summed E-state index contributed by atoms with van der Waals surface area (Å²) >= 11 is 3.01. The lowest BCUT2D eigenvalue weighted by atomic mass is 10.0. The van der Waals surface area contributed by atoms with Gasteiger partial charge in [-0.15, -0.1) is 0 Å². The molecule has 0 aliphatic heterocycles. The van der Waals surface area contributed by atoms with Crippen LogP contribution in [0.2, 0.25) is 0 Å². The zero-order chi connectivity index (χ0) is 15.0. The van der Waals surface area contributed by atoms with Crippen LogP contribution in [0.1, 0.15) is 5.56 Å². The van der Waals surface area contributed by atoms with Gasteiger partial charge in [-0.1, -0.05) is 15.9 Å². The first-order valence-corrected chi connectivity index (χ1v) is 6.36. The van der Waals surface area contributed by atoms with Gasteiger partial charge in [0.25, 0.3) is 0 Å². The molecule has 0 N–H and O–H groups in total. The molecule has 2 aromatic rings. The molecule has 7 heteroatoms. The molecule has 20 heavy (non-hydrogen) atoms. The molecule has 0 aliphatic carbocycles. The first kappa shape index (κ1) is 14.9. The van der Waals surface area contributed by atoms with E-state index in [0.29, 0.717) is 11.6 Å². The van der Waals surface area contributed by atoms with Gasteiger partial charge in [0.05, 0.1) is 5.56 Å². The van der Waals surface area contributed by atoms with Crippen molar-refractivity contribution in [3.05, 3.63) is 58.7 Å². The molecule has 2 rings (SSSR count). The summed E-state index contributed by atoms with van der Waals surface area (Å²) in [6.45, 7) is 0. The SMILES string of the molecule is Fc1cc(CBr)cc(-c2c(F)c(F)c(F)c(F)c2F)c1. The van der Waals surface area contributed by atoms with Crippen molar-refractivity contribution in [1.29, 1.82) is 0 Å². The summed E-state index contributed by atoms with van der Waals surface area (Å²) in [4.78, 5) is 0. The third-order valence-corrected chi connectivity index (χ3v) is 3.26. The van der Waals surface area contributed by atoms with Gasteiger partial charge in [-0.05, 0) is 29.3 Å². The molecule has 0 radical (unpaired) electrons. The van der Waals surface area contributed by atoms with Crippen molar-refractivity contribution in [1.82, 2.24) is 0 Å². The number of benzene rings is 2. The highest BCUT2D eigenvalue weighted by Crippen LogP contribution is 2.32. The van der Waals surface area contributed by atoms with Gasteiger partial charge in [-0.3, -0.25) is 0 Å². The van der Waals surface area contributed by atoms with E-state index in [-0.39, 0.29) is 5.33 Å². The minimum atomic E-state index is -2.25. The van der Waals surface area contributed by atoms with E-state index in [1.165, 1.54) is 0 Å². The highest BCUT2D eigenvalue weighted by atomic mass is 79.9. The molecule has 0 amide bonds. The van der Waals surface area contributed by atoms with Crippen molar-refractivity contribution >= 4 is 15.9 Å². The van der Waals surface area contributed by atoms with Crippen LogP contribution in [0.5, 0.6) is 0 Å². The Kier molecular flexibility index (Phi) is 4.08. The topological polar surface area (TPSA) is 0 Å². The summed E-state index contributed by atoms with van der Waals surface area (Å²) in [6, 6.07) is 2.91. The summed E-state index contributed by atoms with van der Waals surface area (Å²) in [7, 11) is 0. The van der Waals surface area contributed by atoms with E-state index in [2.05, 4.69) is 15.9 Å². The van der Waals surface area contributed by atoms with E-state index in [0.717, 1.165) is 12.1 Å². The van der Waals surface area contributed by atoms with Crippen molar-refractivity contribution in [2.24, 2.45) is 0 Å². The standard InChI is InChI=1S/C13H5BrF6/c14-4-5-1-6(3-7(15)2-5)8-9(16)11(18)13(20)12(19)10(8)17/h1-3H,4H2. The number of rotatable bonds is 2. The quantitative estimate of drug-likeness (QED) is 0.305. The molecule has 0 aromatic heterocycles. The van der Waals surface area contributed by atoms with Gasteiger partial charge >= 0.3 is 0 Å². The second-order valence-corrected chi connectivity index (χ2v) is 4.49. The van der Waals surface area contributed by atoms with Gasteiger partial charge in [0.2, 0.25) is 5.82 Å². The maximum Gasteiger partial charge on any atom is 0.200 e. The molecule has 0 aliphatic rings. The van der Waals surface area contributed by atoms with E-state index < -0.39 is 46.0 Å². The van der Waals surface area contributed by atoms with E-state index in [1.54, 1.807) is 0 Å². The van der Waals surface area contributed by atoms with Crippen LogP contribution in [0, 0.1) is 34.9 Å². The van der Waals surface area contributed by atoms with Crippen LogP contribution in [0.25, 0.3) is 11.1 Å². The van der Waals surface area contributed by atoms with Crippen LogP contribution < -0.4 is 0 Å². The Hall–Kier alpha value is -1.50. The van der Waals surface area contributed by atoms with Gasteiger partial charge in [0, 0.05) is 5.33 Å². The van der Waals surface area contributed by atoms with Crippen molar-refractivity contribution in [3.63, 3.8) is 0 Å². The third-order valence-electron chi connectivity index (χ3n) is 2.61. The fourth-order valence-electron chi connectivity index (χ4n) is 1.73. The minimum Gasteiger partial charge on any atom is -0.207 e. The van der Waals surface area contributed by atoms with E-state index in [9.17, 15) is 26.3 Å². The van der Waals surface area contributed by atoms with Crippen molar-refractivity contribution in [2.75, 3.05) is 0 Å². The maximum absolute atomic E-state index is 13.6. The van der Waals surface area contributed by atoms with E-state index in [1.807, 2.05) is 0 Å². The molecule has 2 aromatic carbocycles. The molecule has 0 heterocycles. The van der Waals surface area contributed by atoms with E-state index >= 15 is 0 Å². The van der Waals surface area contributed by atoms with Crippen LogP contribution in [-0.2, 0) is 5.33 Å². The van der Waals surface area contributed by atoms with Crippen molar-refractivity contribution < 1.29 is 26.3 Å². The molecule has 106 valence electrons. The highest BCUT2D eigenvalue weighted by molar-refractivity contribution is 9.08. The summed E-state index contributed by atoms with van der Waals surface area (Å²) in [6.07, 6.45) is 0. The molecule has 0 fully saturated rings. The molecular formula is C13H5BrF6. The molecule has 0 bridgehead atoms. The third kappa shape index (κ3) is 2.42. The van der Waals surface area contributed by atoms with Gasteiger partial charge in [0.1, 0.15) is 5.82 Å². The summed E-state index contributed by atoms with van der Waals surface area (Å²) in [5.41, 5.74) is -1.28. The van der Waals surface area contributed by atoms with Crippen molar-refractivity contribution in [3.8, 4) is 11.1 Å². The summed E-state index contributed by atoms with van der Waals surface area (Å²) in [5, 5.41) is 0.160. The zero-order valence-electron chi connectivity index (χ0n) is 9.58. The predicted molar refractivity (Wildman–Crippen MR) is 64.3 cm³/mol. The van der Waals surface area contributed by atoms with Gasteiger partial charge in [-0.2, -0.15) is 0 Å². The zero-order valence-corrected chi connectivity index (χ0v) is 11.2. The Balaban J connectivity index is 2.79. The molecule has 0 saturated heterocycles. The lowest BCUT2D eigenvalue weighted by Gasteiger charge is -2.09. The lowest BCUT2D eigenvalue weighted by Crippen LogP contribution is -2.04. The normalized spacial score (nSPS) is 10.9.